The zero-order valence-electron chi connectivity index (χ0n) is 11.9. The Bertz CT molecular complexity index is 865. The molecule has 3 aromatic rings. The monoisotopic (exact) mass is 294 g/mol. The van der Waals surface area contributed by atoms with E-state index in [1.165, 1.54) is 12.5 Å². The number of furan rings is 1. The van der Waals surface area contributed by atoms with E-state index in [1.54, 1.807) is 19.1 Å². The van der Waals surface area contributed by atoms with E-state index in [2.05, 4.69) is 10.5 Å². The summed E-state index contributed by atoms with van der Waals surface area (Å²) in [5, 5.41) is 15.8. The zero-order valence-corrected chi connectivity index (χ0v) is 11.9. The molecule has 2 aromatic carbocycles. The first kappa shape index (κ1) is 13.9. The maximum absolute atomic E-state index is 11.9. The number of aryl methyl sites for hydroxylation is 1. The SMILES string of the molecule is Cc1occc1C(=O)N/N=C\c1c(O)ccc2ccccc12. The van der Waals surface area contributed by atoms with Crippen molar-refractivity contribution in [3.8, 4) is 5.75 Å². The molecule has 0 spiro atoms. The van der Waals surface area contributed by atoms with Crippen LogP contribution in [0.15, 0.2) is 58.2 Å². The highest BCUT2D eigenvalue weighted by molar-refractivity contribution is 6.03. The molecule has 110 valence electrons. The van der Waals surface area contributed by atoms with Gasteiger partial charge in [0.2, 0.25) is 0 Å². The standard InChI is InChI=1S/C17H14N2O3/c1-11-13(8-9-22-11)17(21)19-18-10-15-14-5-3-2-4-12(14)6-7-16(15)20/h2-10,20H,1H3,(H,19,21)/b18-10-. The molecule has 0 fully saturated rings. The van der Waals surface area contributed by atoms with Crippen molar-refractivity contribution in [3.05, 3.63) is 65.6 Å². The topological polar surface area (TPSA) is 74.8 Å². The van der Waals surface area contributed by atoms with Crippen LogP contribution in [0, 0.1) is 6.92 Å². The number of carbonyl (C=O) groups is 1. The lowest BCUT2D eigenvalue weighted by Crippen LogP contribution is -2.17. The fourth-order valence-corrected chi connectivity index (χ4v) is 2.26. The lowest BCUT2D eigenvalue weighted by molar-refractivity contribution is 0.0953. The van der Waals surface area contributed by atoms with Gasteiger partial charge in [0.1, 0.15) is 11.5 Å². The fourth-order valence-electron chi connectivity index (χ4n) is 2.26. The van der Waals surface area contributed by atoms with Gasteiger partial charge >= 0.3 is 0 Å². The van der Waals surface area contributed by atoms with Crippen molar-refractivity contribution < 1.29 is 14.3 Å². The molecule has 0 saturated heterocycles. The Hall–Kier alpha value is -3.08. The van der Waals surface area contributed by atoms with Gasteiger partial charge in [-0.3, -0.25) is 4.79 Å². The third-order valence-corrected chi connectivity index (χ3v) is 3.41. The molecule has 0 atom stereocenters. The number of carbonyl (C=O) groups excluding carboxylic acids is 1. The average Bonchev–Trinajstić information content (AvgIpc) is 2.95. The van der Waals surface area contributed by atoms with Crippen molar-refractivity contribution in [2.75, 3.05) is 0 Å². The van der Waals surface area contributed by atoms with Crippen molar-refractivity contribution in [3.63, 3.8) is 0 Å². The van der Waals surface area contributed by atoms with E-state index in [4.69, 9.17) is 4.42 Å². The minimum atomic E-state index is -0.359. The largest absolute Gasteiger partial charge is 0.507 e. The molecule has 1 aromatic heterocycles. The number of rotatable bonds is 3. The zero-order chi connectivity index (χ0) is 15.5. The molecule has 0 radical (unpaired) electrons. The number of nitrogens with zero attached hydrogens (tertiary/aromatic N) is 1. The summed E-state index contributed by atoms with van der Waals surface area (Å²) in [4.78, 5) is 11.9. The number of amides is 1. The van der Waals surface area contributed by atoms with E-state index >= 15 is 0 Å². The molecule has 0 aliphatic heterocycles. The summed E-state index contributed by atoms with van der Waals surface area (Å²) in [5.74, 6) is 0.277. The predicted octanol–water partition coefficient (Wildman–Crippen LogP) is 3.21. The summed E-state index contributed by atoms with van der Waals surface area (Å²) in [6, 6.07) is 12.6. The second-order valence-corrected chi connectivity index (χ2v) is 4.81. The number of hydrazone groups is 1. The van der Waals surface area contributed by atoms with Crippen LogP contribution in [0.1, 0.15) is 21.7 Å². The van der Waals surface area contributed by atoms with Crippen LogP contribution in [0.2, 0.25) is 0 Å². The molecule has 5 heteroatoms. The Morgan fingerprint density at radius 1 is 1.23 bits per heavy atom. The number of phenols is 1. The Balaban J connectivity index is 1.86. The number of nitrogens with one attached hydrogen (secondary N) is 1. The summed E-state index contributed by atoms with van der Waals surface area (Å²) in [6.45, 7) is 1.70. The van der Waals surface area contributed by atoms with Gasteiger partial charge in [0.05, 0.1) is 18.0 Å². The molecular weight excluding hydrogens is 280 g/mol. The van der Waals surface area contributed by atoms with Gasteiger partial charge in [0, 0.05) is 5.56 Å². The number of hydrogen-bond acceptors (Lipinski definition) is 4. The highest BCUT2D eigenvalue weighted by Gasteiger charge is 2.10. The van der Waals surface area contributed by atoms with Crippen LogP contribution in [0.5, 0.6) is 5.75 Å². The van der Waals surface area contributed by atoms with Crippen LogP contribution in [-0.2, 0) is 0 Å². The number of hydrogen-bond donors (Lipinski definition) is 2. The van der Waals surface area contributed by atoms with Gasteiger partial charge in [-0.25, -0.2) is 5.43 Å². The van der Waals surface area contributed by atoms with Crippen molar-refractivity contribution in [1.29, 1.82) is 0 Å². The molecule has 0 saturated carbocycles. The van der Waals surface area contributed by atoms with E-state index in [9.17, 15) is 9.90 Å². The van der Waals surface area contributed by atoms with Gasteiger partial charge in [-0.1, -0.05) is 30.3 Å². The maximum Gasteiger partial charge on any atom is 0.274 e. The number of phenolic OH excluding ortho intramolecular Hbond substituents is 1. The van der Waals surface area contributed by atoms with Crippen LogP contribution >= 0.6 is 0 Å². The van der Waals surface area contributed by atoms with E-state index in [-0.39, 0.29) is 11.7 Å². The molecule has 3 rings (SSSR count). The number of aromatic hydroxyl groups is 1. The van der Waals surface area contributed by atoms with Crippen LogP contribution < -0.4 is 5.43 Å². The number of benzene rings is 2. The highest BCUT2D eigenvalue weighted by Crippen LogP contribution is 2.25. The molecule has 1 amide bonds. The van der Waals surface area contributed by atoms with Crippen LogP contribution in [0.3, 0.4) is 0 Å². The summed E-state index contributed by atoms with van der Waals surface area (Å²) in [6.07, 6.45) is 2.88. The van der Waals surface area contributed by atoms with E-state index in [1.807, 2.05) is 30.3 Å². The maximum atomic E-state index is 11.9. The third-order valence-electron chi connectivity index (χ3n) is 3.41. The summed E-state index contributed by atoms with van der Waals surface area (Å²) >= 11 is 0. The minimum absolute atomic E-state index is 0.108. The van der Waals surface area contributed by atoms with Gasteiger partial charge in [-0.2, -0.15) is 5.10 Å². The molecule has 0 aliphatic rings. The molecule has 2 N–H and O–H groups in total. The Kier molecular flexibility index (Phi) is 3.62. The predicted molar refractivity (Wildman–Crippen MR) is 84.1 cm³/mol. The second-order valence-electron chi connectivity index (χ2n) is 4.81. The molecule has 0 bridgehead atoms. The van der Waals surface area contributed by atoms with Crippen molar-refractivity contribution >= 4 is 22.9 Å². The van der Waals surface area contributed by atoms with E-state index in [0.717, 1.165) is 10.8 Å². The Labute approximate surface area is 126 Å². The number of fused-ring (bicyclic) bond motifs is 1. The summed E-state index contributed by atoms with van der Waals surface area (Å²) < 4.78 is 5.07. The van der Waals surface area contributed by atoms with E-state index < -0.39 is 0 Å². The van der Waals surface area contributed by atoms with Crippen molar-refractivity contribution in [2.45, 2.75) is 6.92 Å². The Morgan fingerprint density at radius 2 is 2.05 bits per heavy atom. The van der Waals surface area contributed by atoms with Crippen molar-refractivity contribution in [1.82, 2.24) is 5.43 Å². The van der Waals surface area contributed by atoms with Gasteiger partial charge in [0.25, 0.3) is 5.91 Å². The van der Waals surface area contributed by atoms with E-state index in [0.29, 0.717) is 16.9 Å². The van der Waals surface area contributed by atoms with Crippen LogP contribution in [0.4, 0.5) is 0 Å². The van der Waals surface area contributed by atoms with Gasteiger partial charge in [0.15, 0.2) is 0 Å². The van der Waals surface area contributed by atoms with Crippen LogP contribution in [-0.4, -0.2) is 17.2 Å². The lowest BCUT2D eigenvalue weighted by Gasteiger charge is -2.04. The minimum Gasteiger partial charge on any atom is -0.507 e. The molecule has 22 heavy (non-hydrogen) atoms. The quantitative estimate of drug-likeness (QED) is 0.575. The van der Waals surface area contributed by atoms with Gasteiger partial charge < -0.3 is 9.52 Å². The van der Waals surface area contributed by atoms with Gasteiger partial charge in [-0.05, 0) is 29.8 Å². The lowest BCUT2D eigenvalue weighted by atomic mass is 10.0. The van der Waals surface area contributed by atoms with Gasteiger partial charge in [-0.15, -0.1) is 0 Å². The average molecular weight is 294 g/mol. The third kappa shape index (κ3) is 2.56. The normalized spacial score (nSPS) is 11.1. The summed E-state index contributed by atoms with van der Waals surface area (Å²) in [5.41, 5.74) is 3.41. The molecule has 0 aliphatic carbocycles. The molecular formula is C17H14N2O3. The molecule has 5 nitrogen and oxygen atoms in total. The highest BCUT2D eigenvalue weighted by atomic mass is 16.3. The first-order valence-corrected chi connectivity index (χ1v) is 6.75. The van der Waals surface area contributed by atoms with Crippen LogP contribution in [0.25, 0.3) is 10.8 Å². The Morgan fingerprint density at radius 3 is 2.82 bits per heavy atom. The first-order chi connectivity index (χ1) is 10.7. The smallest absolute Gasteiger partial charge is 0.274 e. The second kappa shape index (κ2) is 5.73. The molecule has 0 unspecified atom stereocenters. The fraction of sp³-hybridized carbons (Fsp3) is 0.0588. The summed E-state index contributed by atoms with van der Waals surface area (Å²) in [7, 11) is 0. The van der Waals surface area contributed by atoms with Crippen molar-refractivity contribution in [2.24, 2.45) is 5.10 Å². The molecule has 1 heterocycles. The first-order valence-electron chi connectivity index (χ1n) is 6.75.